The van der Waals surface area contributed by atoms with Gasteiger partial charge in [-0.3, -0.25) is 9.59 Å². The maximum absolute atomic E-state index is 13.2. The maximum Gasteiger partial charge on any atom is 0.249 e. The van der Waals surface area contributed by atoms with Crippen LogP contribution in [0.25, 0.3) is 0 Å². The monoisotopic (exact) mass is 349 g/mol. The summed E-state index contributed by atoms with van der Waals surface area (Å²) < 4.78 is 11.3. The number of anilines is 1. The lowest BCUT2D eigenvalue weighted by atomic mass is 10.1. The van der Waals surface area contributed by atoms with E-state index in [0.29, 0.717) is 37.7 Å². The van der Waals surface area contributed by atoms with Gasteiger partial charge in [-0.1, -0.05) is 12.1 Å². The van der Waals surface area contributed by atoms with Crippen molar-refractivity contribution in [1.82, 2.24) is 5.32 Å². The summed E-state index contributed by atoms with van der Waals surface area (Å²) in [7, 11) is 0. The van der Waals surface area contributed by atoms with E-state index in [1.54, 1.807) is 11.8 Å². The normalized spacial score (nSPS) is 20.3. The first-order chi connectivity index (χ1) is 11.9. The largest absolute Gasteiger partial charge is 0.489 e. The molecule has 0 spiro atoms. The highest BCUT2D eigenvalue weighted by molar-refractivity contribution is 6.01. The average molecular weight is 349 g/mol. The fourth-order valence-corrected chi connectivity index (χ4v) is 2.67. The van der Waals surface area contributed by atoms with Gasteiger partial charge >= 0.3 is 0 Å². The molecule has 1 heterocycles. The van der Waals surface area contributed by atoms with Gasteiger partial charge in [0.2, 0.25) is 11.8 Å². The van der Waals surface area contributed by atoms with E-state index in [4.69, 9.17) is 15.2 Å². The van der Waals surface area contributed by atoms with Crippen molar-refractivity contribution in [2.75, 3.05) is 24.7 Å². The predicted molar refractivity (Wildman–Crippen MR) is 95.6 cm³/mol. The Kier molecular flexibility index (Phi) is 6.78. The van der Waals surface area contributed by atoms with Gasteiger partial charge in [-0.25, -0.2) is 0 Å². The third kappa shape index (κ3) is 4.93. The molecule has 138 valence electrons. The Hall–Kier alpha value is -2.12. The van der Waals surface area contributed by atoms with E-state index in [1.807, 2.05) is 38.1 Å². The van der Waals surface area contributed by atoms with Gasteiger partial charge in [0.05, 0.1) is 18.3 Å². The van der Waals surface area contributed by atoms with E-state index in [1.165, 1.54) is 0 Å². The standard InChI is InChI=1S/C18H27N3O4/c1-12(2)21-15-6-4-5-7-16(15)25-11-10-24-9-8-14(18(21)23)20-17(22)13(3)19/h4-7,12-14H,8-11,19H2,1-3H3,(H,20,22). The molecule has 2 atom stereocenters. The first kappa shape index (κ1) is 19.2. The summed E-state index contributed by atoms with van der Waals surface area (Å²) >= 11 is 0. The zero-order valence-electron chi connectivity index (χ0n) is 15.0. The van der Waals surface area contributed by atoms with Crippen molar-refractivity contribution < 1.29 is 19.1 Å². The summed E-state index contributed by atoms with van der Waals surface area (Å²) in [6.45, 7) is 6.60. The van der Waals surface area contributed by atoms with Crippen LogP contribution in [0.15, 0.2) is 24.3 Å². The lowest BCUT2D eigenvalue weighted by Crippen LogP contribution is -2.54. The first-order valence-corrected chi connectivity index (χ1v) is 8.60. The first-order valence-electron chi connectivity index (χ1n) is 8.60. The fourth-order valence-electron chi connectivity index (χ4n) is 2.67. The molecule has 7 nitrogen and oxygen atoms in total. The molecule has 1 aliphatic rings. The van der Waals surface area contributed by atoms with Gasteiger partial charge in [0.1, 0.15) is 18.4 Å². The molecule has 0 bridgehead atoms. The van der Waals surface area contributed by atoms with E-state index in [2.05, 4.69) is 5.32 Å². The molecule has 0 aliphatic carbocycles. The highest BCUT2D eigenvalue weighted by Gasteiger charge is 2.31. The minimum Gasteiger partial charge on any atom is -0.489 e. The lowest BCUT2D eigenvalue weighted by molar-refractivity contribution is -0.128. The Bertz CT molecular complexity index is 604. The van der Waals surface area contributed by atoms with Crippen molar-refractivity contribution in [1.29, 1.82) is 0 Å². The van der Waals surface area contributed by atoms with Crippen LogP contribution in [0.2, 0.25) is 0 Å². The van der Waals surface area contributed by atoms with Crippen molar-refractivity contribution in [2.45, 2.75) is 45.3 Å². The second-order valence-corrected chi connectivity index (χ2v) is 6.37. The SMILES string of the molecule is CC(N)C(=O)NC1CCOCCOc2ccccc2N(C(C)C)C1=O. The third-order valence-corrected chi connectivity index (χ3v) is 3.94. The van der Waals surface area contributed by atoms with E-state index in [9.17, 15) is 9.59 Å². The Morgan fingerprint density at radius 2 is 1.96 bits per heavy atom. The van der Waals surface area contributed by atoms with E-state index < -0.39 is 12.1 Å². The molecule has 0 aromatic heterocycles. The molecular weight excluding hydrogens is 322 g/mol. The van der Waals surface area contributed by atoms with Crippen LogP contribution < -0.4 is 20.7 Å². The number of carbonyl (C=O) groups is 2. The molecular formula is C18H27N3O4. The van der Waals surface area contributed by atoms with Crippen LogP contribution in [0, 0.1) is 0 Å². The van der Waals surface area contributed by atoms with Crippen LogP contribution in [0.1, 0.15) is 27.2 Å². The number of fused-ring (bicyclic) bond motifs is 1. The highest BCUT2D eigenvalue weighted by Crippen LogP contribution is 2.30. The van der Waals surface area contributed by atoms with Crippen LogP contribution in [-0.2, 0) is 14.3 Å². The van der Waals surface area contributed by atoms with Crippen molar-refractivity contribution in [2.24, 2.45) is 5.73 Å². The Balaban J connectivity index is 2.38. The van der Waals surface area contributed by atoms with E-state index >= 15 is 0 Å². The Labute approximate surface area is 148 Å². The van der Waals surface area contributed by atoms with E-state index in [-0.39, 0.29) is 17.9 Å². The van der Waals surface area contributed by atoms with Crippen LogP contribution in [-0.4, -0.2) is 49.8 Å². The molecule has 7 heteroatoms. The van der Waals surface area contributed by atoms with Gasteiger partial charge < -0.3 is 25.4 Å². The minimum atomic E-state index is -0.702. The predicted octanol–water partition coefficient (Wildman–Crippen LogP) is 1.06. The zero-order chi connectivity index (χ0) is 18.4. The molecule has 1 aliphatic heterocycles. The van der Waals surface area contributed by atoms with Crippen LogP contribution >= 0.6 is 0 Å². The third-order valence-electron chi connectivity index (χ3n) is 3.94. The van der Waals surface area contributed by atoms with Crippen molar-refractivity contribution in [3.63, 3.8) is 0 Å². The van der Waals surface area contributed by atoms with Crippen molar-refractivity contribution in [3.05, 3.63) is 24.3 Å². The number of carbonyl (C=O) groups excluding carboxylic acids is 2. The number of nitrogens with one attached hydrogen (secondary N) is 1. The number of amides is 2. The number of rotatable bonds is 3. The molecule has 1 aromatic carbocycles. The molecule has 0 saturated heterocycles. The zero-order valence-corrected chi connectivity index (χ0v) is 15.0. The molecule has 25 heavy (non-hydrogen) atoms. The average Bonchev–Trinajstić information content (AvgIpc) is 2.59. The minimum absolute atomic E-state index is 0.103. The lowest BCUT2D eigenvalue weighted by Gasteiger charge is -2.32. The number of benzene rings is 1. The van der Waals surface area contributed by atoms with Gasteiger partial charge in [0.15, 0.2) is 0 Å². The molecule has 3 N–H and O–H groups in total. The highest BCUT2D eigenvalue weighted by atomic mass is 16.5. The van der Waals surface area contributed by atoms with E-state index in [0.717, 1.165) is 0 Å². The summed E-state index contributed by atoms with van der Waals surface area (Å²) in [5, 5.41) is 2.74. The number of ether oxygens (including phenoxy) is 2. The van der Waals surface area contributed by atoms with Gasteiger partial charge in [0.25, 0.3) is 0 Å². The number of hydrogen-bond acceptors (Lipinski definition) is 5. The van der Waals surface area contributed by atoms with Gasteiger partial charge in [-0.15, -0.1) is 0 Å². The molecule has 2 amide bonds. The Morgan fingerprint density at radius 1 is 1.24 bits per heavy atom. The number of nitrogens with zero attached hydrogens (tertiary/aromatic N) is 1. The maximum atomic E-state index is 13.2. The number of para-hydroxylation sites is 2. The van der Waals surface area contributed by atoms with Gasteiger partial charge in [-0.2, -0.15) is 0 Å². The van der Waals surface area contributed by atoms with Crippen LogP contribution in [0.5, 0.6) is 5.75 Å². The molecule has 2 rings (SSSR count). The smallest absolute Gasteiger partial charge is 0.249 e. The summed E-state index contributed by atoms with van der Waals surface area (Å²) in [5.41, 5.74) is 6.32. The summed E-state index contributed by atoms with van der Waals surface area (Å²) in [6.07, 6.45) is 0.378. The summed E-state index contributed by atoms with van der Waals surface area (Å²) in [6, 6.07) is 5.89. The number of hydrogen-bond donors (Lipinski definition) is 2. The second-order valence-electron chi connectivity index (χ2n) is 6.37. The second kappa shape index (κ2) is 8.82. The van der Waals surface area contributed by atoms with Crippen LogP contribution in [0.4, 0.5) is 5.69 Å². The fraction of sp³-hybridized carbons (Fsp3) is 0.556. The molecule has 1 aromatic rings. The quantitative estimate of drug-likeness (QED) is 0.851. The summed E-state index contributed by atoms with van der Waals surface area (Å²) in [4.78, 5) is 26.9. The van der Waals surface area contributed by atoms with Crippen molar-refractivity contribution in [3.8, 4) is 5.75 Å². The molecule has 0 radical (unpaired) electrons. The molecule has 2 unspecified atom stereocenters. The molecule has 0 fully saturated rings. The summed E-state index contributed by atoms with van der Waals surface area (Å²) in [5.74, 6) is 0.0549. The van der Waals surface area contributed by atoms with Gasteiger partial charge in [-0.05, 0) is 39.3 Å². The topological polar surface area (TPSA) is 93.9 Å². The molecule has 0 saturated carbocycles. The Morgan fingerprint density at radius 3 is 2.64 bits per heavy atom. The van der Waals surface area contributed by atoms with Crippen LogP contribution in [0.3, 0.4) is 0 Å². The van der Waals surface area contributed by atoms with Crippen molar-refractivity contribution >= 4 is 17.5 Å². The number of nitrogens with two attached hydrogens (primary N) is 1. The van der Waals surface area contributed by atoms with Gasteiger partial charge in [0, 0.05) is 12.6 Å².